The number of allylic oxidation sites excluding steroid dienone is 5. The van der Waals surface area contributed by atoms with E-state index in [9.17, 15) is 0 Å². The van der Waals surface area contributed by atoms with Gasteiger partial charge in [-0.05, 0) is 89.8 Å². The second kappa shape index (κ2) is 9.23. The lowest BCUT2D eigenvalue weighted by atomic mass is 9.72. The zero-order valence-electron chi connectivity index (χ0n) is 21.6. The van der Waals surface area contributed by atoms with E-state index in [1.807, 2.05) is 23.5 Å². The largest absolute Gasteiger partial charge is 0.112 e. The van der Waals surface area contributed by atoms with Gasteiger partial charge in [-0.1, -0.05) is 103 Å². The summed E-state index contributed by atoms with van der Waals surface area (Å²) in [5.41, 5.74) is 12.4. The SMILES string of the molecule is CC12SC(Cl)=CC1=C1CCCC1=C1C=C(C(=C(c3ccccc3)c3ccccc3)c3ccccc3)SC12C. The van der Waals surface area contributed by atoms with E-state index in [1.165, 1.54) is 50.3 Å². The molecule has 38 heavy (non-hydrogen) atoms. The van der Waals surface area contributed by atoms with Crippen molar-refractivity contribution < 1.29 is 0 Å². The molecule has 0 N–H and O–H groups in total. The van der Waals surface area contributed by atoms with Crippen molar-refractivity contribution in [2.24, 2.45) is 0 Å². The quantitative estimate of drug-likeness (QED) is 0.297. The molecule has 0 saturated heterocycles. The zero-order chi connectivity index (χ0) is 25.9. The summed E-state index contributed by atoms with van der Waals surface area (Å²) in [6.07, 6.45) is 8.36. The van der Waals surface area contributed by atoms with Gasteiger partial charge < -0.3 is 0 Å². The van der Waals surface area contributed by atoms with Crippen LogP contribution in [0.15, 0.2) is 135 Å². The lowest BCUT2D eigenvalue weighted by molar-refractivity contribution is 0.607. The smallest absolute Gasteiger partial charge is 0.0747 e. The maximum Gasteiger partial charge on any atom is 0.0747 e. The second-order valence-electron chi connectivity index (χ2n) is 10.7. The topological polar surface area (TPSA) is 0 Å². The van der Waals surface area contributed by atoms with E-state index in [-0.39, 0.29) is 9.49 Å². The van der Waals surface area contributed by atoms with E-state index in [1.54, 1.807) is 11.1 Å². The molecular weight excluding hydrogens is 520 g/mol. The molecular formula is C35H29ClS2. The van der Waals surface area contributed by atoms with Crippen molar-refractivity contribution in [3.8, 4) is 0 Å². The van der Waals surface area contributed by atoms with Crippen LogP contribution in [0.1, 0.15) is 49.8 Å². The standard InChI is InChI=1S/C35H29ClS2/c1-34-28(26-19-12-20-27(26)29-22-31(36)38-35(29,34)2)21-30(37-34)33(25-17-10-5-11-18-25)32(23-13-6-3-7-14-23)24-15-8-4-9-16-24/h3-11,13-18,21-22H,12,19-20H2,1-2H3. The maximum absolute atomic E-state index is 6.76. The monoisotopic (exact) mass is 548 g/mol. The number of hydrogen-bond donors (Lipinski definition) is 0. The third-order valence-electron chi connectivity index (χ3n) is 8.64. The summed E-state index contributed by atoms with van der Waals surface area (Å²) in [4.78, 5) is 1.35. The van der Waals surface area contributed by atoms with E-state index < -0.39 is 0 Å². The fraction of sp³-hybridized carbons (Fsp3) is 0.200. The van der Waals surface area contributed by atoms with Crippen LogP contribution in [0.25, 0.3) is 11.1 Å². The van der Waals surface area contributed by atoms with Crippen molar-refractivity contribution >= 4 is 46.3 Å². The summed E-state index contributed by atoms with van der Waals surface area (Å²) in [6, 6.07) is 32.7. The molecule has 3 heteroatoms. The molecule has 2 atom stereocenters. The van der Waals surface area contributed by atoms with Gasteiger partial charge in [-0.25, -0.2) is 0 Å². The average Bonchev–Trinajstić information content (AvgIpc) is 3.64. The van der Waals surface area contributed by atoms with Crippen LogP contribution >= 0.6 is 35.1 Å². The van der Waals surface area contributed by atoms with Crippen molar-refractivity contribution in [1.29, 1.82) is 0 Å². The normalized spacial score (nSPS) is 25.6. The van der Waals surface area contributed by atoms with Crippen LogP contribution in [-0.4, -0.2) is 9.49 Å². The Labute approximate surface area is 239 Å². The zero-order valence-corrected chi connectivity index (χ0v) is 24.0. The van der Waals surface area contributed by atoms with Crippen molar-refractivity contribution in [3.05, 3.63) is 151 Å². The number of fused-ring (bicyclic) bond motifs is 4. The van der Waals surface area contributed by atoms with Crippen molar-refractivity contribution in [3.63, 3.8) is 0 Å². The van der Waals surface area contributed by atoms with Crippen LogP contribution in [0.3, 0.4) is 0 Å². The van der Waals surface area contributed by atoms with Crippen molar-refractivity contribution in [2.45, 2.75) is 42.6 Å². The highest BCUT2D eigenvalue weighted by Crippen LogP contribution is 2.69. The molecule has 4 aliphatic rings. The highest BCUT2D eigenvalue weighted by Gasteiger charge is 2.59. The van der Waals surface area contributed by atoms with Gasteiger partial charge in [0.15, 0.2) is 0 Å². The maximum atomic E-state index is 6.76. The first-order valence-corrected chi connectivity index (χ1v) is 15.4. The Hall–Kier alpha value is -2.65. The predicted molar refractivity (Wildman–Crippen MR) is 167 cm³/mol. The Morgan fingerprint density at radius 3 is 1.58 bits per heavy atom. The molecule has 0 spiro atoms. The molecule has 3 aromatic carbocycles. The third-order valence-corrected chi connectivity index (χ3v) is 12.0. The lowest BCUT2D eigenvalue weighted by Gasteiger charge is -2.47. The van der Waals surface area contributed by atoms with Crippen LogP contribution in [0.2, 0.25) is 0 Å². The molecule has 2 unspecified atom stereocenters. The number of halogens is 1. The highest BCUT2D eigenvalue weighted by atomic mass is 35.5. The summed E-state index contributed by atoms with van der Waals surface area (Å²) >= 11 is 10.7. The first-order chi connectivity index (χ1) is 18.5. The van der Waals surface area contributed by atoms with Gasteiger partial charge in [0.1, 0.15) is 0 Å². The van der Waals surface area contributed by atoms with E-state index in [2.05, 4.69) is 117 Å². The molecule has 188 valence electrons. The van der Waals surface area contributed by atoms with Gasteiger partial charge in [0, 0.05) is 10.5 Å². The van der Waals surface area contributed by atoms with Crippen LogP contribution in [0.5, 0.6) is 0 Å². The summed E-state index contributed by atoms with van der Waals surface area (Å²) in [6.45, 7) is 4.88. The van der Waals surface area contributed by atoms with E-state index in [0.717, 1.165) is 17.2 Å². The van der Waals surface area contributed by atoms with Gasteiger partial charge in [-0.3, -0.25) is 0 Å². The number of rotatable bonds is 4. The lowest BCUT2D eigenvalue weighted by Crippen LogP contribution is -2.47. The summed E-state index contributed by atoms with van der Waals surface area (Å²) in [7, 11) is 0. The molecule has 0 nitrogen and oxygen atoms in total. The molecule has 1 fully saturated rings. The fourth-order valence-electron chi connectivity index (χ4n) is 6.70. The summed E-state index contributed by atoms with van der Waals surface area (Å²) < 4.78 is 0.732. The molecule has 1 saturated carbocycles. The molecule has 3 aromatic rings. The molecule has 0 radical (unpaired) electrons. The van der Waals surface area contributed by atoms with Gasteiger partial charge >= 0.3 is 0 Å². The Balaban J connectivity index is 1.52. The van der Waals surface area contributed by atoms with Crippen LogP contribution in [-0.2, 0) is 0 Å². The molecule has 0 amide bonds. The van der Waals surface area contributed by atoms with Crippen LogP contribution < -0.4 is 0 Å². The number of thioether (sulfide) groups is 2. The van der Waals surface area contributed by atoms with E-state index in [0.29, 0.717) is 0 Å². The molecule has 0 aromatic heterocycles. The summed E-state index contributed by atoms with van der Waals surface area (Å²) in [5, 5.41) is 0. The minimum atomic E-state index is -0.100. The van der Waals surface area contributed by atoms with E-state index in [4.69, 9.17) is 11.6 Å². The Bertz CT molecular complexity index is 1550. The Morgan fingerprint density at radius 1 is 0.605 bits per heavy atom. The summed E-state index contributed by atoms with van der Waals surface area (Å²) in [5.74, 6) is 0. The molecule has 7 rings (SSSR count). The minimum absolute atomic E-state index is 0.0903. The molecule has 2 aliphatic heterocycles. The van der Waals surface area contributed by atoms with Crippen molar-refractivity contribution in [2.75, 3.05) is 0 Å². The number of benzene rings is 3. The first kappa shape index (κ1) is 24.4. The van der Waals surface area contributed by atoms with Gasteiger partial charge in [0.2, 0.25) is 0 Å². The van der Waals surface area contributed by atoms with Gasteiger partial charge in [-0.15, -0.1) is 23.5 Å². The first-order valence-electron chi connectivity index (χ1n) is 13.3. The average molecular weight is 549 g/mol. The number of hydrogen-bond acceptors (Lipinski definition) is 2. The fourth-order valence-corrected chi connectivity index (χ4v) is 10.2. The Kier molecular flexibility index (Phi) is 5.92. The molecule has 0 bridgehead atoms. The van der Waals surface area contributed by atoms with E-state index >= 15 is 0 Å². The van der Waals surface area contributed by atoms with Crippen molar-refractivity contribution in [1.82, 2.24) is 0 Å². The van der Waals surface area contributed by atoms with Gasteiger partial charge in [0.05, 0.1) is 13.9 Å². The van der Waals surface area contributed by atoms with Gasteiger partial charge in [0.25, 0.3) is 0 Å². The van der Waals surface area contributed by atoms with Gasteiger partial charge in [-0.2, -0.15) is 0 Å². The van der Waals surface area contributed by atoms with Crippen LogP contribution in [0, 0.1) is 0 Å². The Morgan fingerprint density at radius 2 is 1.05 bits per heavy atom. The minimum Gasteiger partial charge on any atom is -0.112 e. The second-order valence-corrected chi connectivity index (χ2v) is 14.3. The molecule has 2 aliphatic carbocycles. The molecule has 2 heterocycles. The highest BCUT2D eigenvalue weighted by molar-refractivity contribution is 8.10. The predicted octanol–water partition coefficient (Wildman–Crippen LogP) is 10.4. The third kappa shape index (κ3) is 3.61. The van der Waals surface area contributed by atoms with Crippen LogP contribution in [0.4, 0.5) is 0 Å².